The van der Waals surface area contributed by atoms with Crippen LogP contribution in [0.4, 0.5) is 5.69 Å². The third-order valence-corrected chi connectivity index (χ3v) is 3.59. The van der Waals surface area contributed by atoms with E-state index in [1.807, 2.05) is 37.3 Å². The van der Waals surface area contributed by atoms with Crippen LogP contribution in [0.2, 0.25) is 0 Å². The van der Waals surface area contributed by atoms with E-state index in [9.17, 15) is 4.79 Å². The van der Waals surface area contributed by atoms with Crippen LogP contribution in [-0.4, -0.2) is 38.1 Å². The predicted octanol–water partition coefficient (Wildman–Crippen LogP) is 2.74. The number of hydrogen-bond acceptors (Lipinski definition) is 4. The summed E-state index contributed by atoms with van der Waals surface area (Å²) >= 11 is 0. The number of nitrogens with zero attached hydrogens (tertiary/aromatic N) is 1. The summed E-state index contributed by atoms with van der Waals surface area (Å²) in [6.45, 7) is 2.80. The van der Waals surface area contributed by atoms with Gasteiger partial charge in [0.25, 0.3) is 5.91 Å². The number of nitrogens with two attached hydrogens (primary N) is 1. The molecule has 0 heterocycles. The molecule has 122 valence electrons. The summed E-state index contributed by atoms with van der Waals surface area (Å²) in [7, 11) is 3.37. The zero-order valence-corrected chi connectivity index (χ0v) is 13.7. The van der Waals surface area contributed by atoms with Crippen LogP contribution in [-0.2, 0) is 0 Å². The van der Waals surface area contributed by atoms with Gasteiger partial charge in [-0.2, -0.15) is 0 Å². The van der Waals surface area contributed by atoms with Crippen LogP contribution >= 0.6 is 0 Å². The van der Waals surface area contributed by atoms with Crippen LogP contribution in [0.1, 0.15) is 15.9 Å². The lowest BCUT2D eigenvalue weighted by Gasteiger charge is -2.19. The van der Waals surface area contributed by atoms with Gasteiger partial charge in [-0.25, -0.2) is 0 Å². The van der Waals surface area contributed by atoms with Gasteiger partial charge < -0.3 is 20.1 Å². The minimum Gasteiger partial charge on any atom is -0.497 e. The highest BCUT2D eigenvalue weighted by Gasteiger charge is 2.14. The number of methoxy groups -OCH3 is 1. The van der Waals surface area contributed by atoms with E-state index in [4.69, 9.17) is 15.2 Å². The molecule has 0 fully saturated rings. The van der Waals surface area contributed by atoms with Crippen molar-refractivity contribution in [2.24, 2.45) is 0 Å². The predicted molar refractivity (Wildman–Crippen MR) is 91.0 cm³/mol. The number of hydrogen-bond donors (Lipinski definition) is 1. The number of aryl methyl sites for hydroxylation is 1. The van der Waals surface area contributed by atoms with E-state index in [-0.39, 0.29) is 5.91 Å². The maximum atomic E-state index is 12.4. The SMILES string of the molecule is COc1ccc(OCCN(C)C(=O)c2cc(N)ccc2C)cc1. The fourth-order valence-electron chi connectivity index (χ4n) is 2.15. The van der Waals surface area contributed by atoms with Crippen LogP contribution in [0.15, 0.2) is 42.5 Å². The summed E-state index contributed by atoms with van der Waals surface area (Å²) in [6, 6.07) is 12.7. The third-order valence-electron chi connectivity index (χ3n) is 3.59. The summed E-state index contributed by atoms with van der Waals surface area (Å²) in [5, 5.41) is 0. The van der Waals surface area contributed by atoms with Gasteiger partial charge in [0, 0.05) is 18.3 Å². The van der Waals surface area contributed by atoms with Gasteiger partial charge in [0.2, 0.25) is 0 Å². The largest absolute Gasteiger partial charge is 0.497 e. The molecule has 0 spiro atoms. The molecular weight excluding hydrogens is 292 g/mol. The molecule has 5 nitrogen and oxygen atoms in total. The van der Waals surface area contributed by atoms with E-state index in [0.29, 0.717) is 24.4 Å². The van der Waals surface area contributed by atoms with Crippen molar-refractivity contribution < 1.29 is 14.3 Å². The lowest BCUT2D eigenvalue weighted by Crippen LogP contribution is -2.31. The second-order valence-electron chi connectivity index (χ2n) is 5.33. The number of rotatable bonds is 6. The van der Waals surface area contributed by atoms with E-state index >= 15 is 0 Å². The van der Waals surface area contributed by atoms with Gasteiger partial charge in [-0.15, -0.1) is 0 Å². The molecule has 0 saturated heterocycles. The molecule has 2 aromatic rings. The van der Waals surface area contributed by atoms with Crippen LogP contribution in [0.5, 0.6) is 11.5 Å². The van der Waals surface area contributed by atoms with Crippen molar-refractivity contribution in [1.82, 2.24) is 4.90 Å². The summed E-state index contributed by atoms with van der Waals surface area (Å²) in [5.41, 5.74) is 7.88. The van der Waals surface area contributed by atoms with Gasteiger partial charge in [0.1, 0.15) is 18.1 Å². The highest BCUT2D eigenvalue weighted by molar-refractivity contribution is 5.96. The topological polar surface area (TPSA) is 64.8 Å². The van der Waals surface area contributed by atoms with Crippen molar-refractivity contribution >= 4 is 11.6 Å². The van der Waals surface area contributed by atoms with Gasteiger partial charge >= 0.3 is 0 Å². The lowest BCUT2D eigenvalue weighted by molar-refractivity contribution is 0.0773. The molecule has 23 heavy (non-hydrogen) atoms. The van der Waals surface area contributed by atoms with E-state index in [2.05, 4.69) is 0 Å². The summed E-state index contributed by atoms with van der Waals surface area (Å²) in [5.74, 6) is 1.46. The van der Waals surface area contributed by atoms with Gasteiger partial charge in [-0.05, 0) is 48.9 Å². The average Bonchev–Trinajstić information content (AvgIpc) is 2.57. The Hall–Kier alpha value is -2.69. The summed E-state index contributed by atoms with van der Waals surface area (Å²) in [4.78, 5) is 14.1. The van der Waals surface area contributed by atoms with Crippen molar-refractivity contribution in [1.29, 1.82) is 0 Å². The molecule has 0 unspecified atom stereocenters. The second kappa shape index (κ2) is 7.54. The molecule has 0 atom stereocenters. The Morgan fingerprint density at radius 2 is 1.78 bits per heavy atom. The Bertz CT molecular complexity index is 668. The first-order chi connectivity index (χ1) is 11.0. The van der Waals surface area contributed by atoms with Gasteiger partial charge in [0.05, 0.1) is 13.7 Å². The first-order valence-corrected chi connectivity index (χ1v) is 7.39. The normalized spacial score (nSPS) is 10.2. The van der Waals surface area contributed by atoms with Crippen LogP contribution < -0.4 is 15.2 Å². The quantitative estimate of drug-likeness (QED) is 0.833. The van der Waals surface area contributed by atoms with E-state index in [0.717, 1.165) is 17.1 Å². The van der Waals surface area contributed by atoms with Crippen molar-refractivity contribution in [2.75, 3.05) is 33.0 Å². The number of nitrogen functional groups attached to an aromatic ring is 1. The second-order valence-corrected chi connectivity index (χ2v) is 5.33. The molecule has 2 rings (SSSR count). The molecule has 1 amide bonds. The van der Waals surface area contributed by atoms with Crippen molar-refractivity contribution in [3.05, 3.63) is 53.6 Å². The fourth-order valence-corrected chi connectivity index (χ4v) is 2.15. The number of carbonyl (C=O) groups excluding carboxylic acids is 1. The minimum absolute atomic E-state index is 0.0619. The average molecular weight is 314 g/mol. The Morgan fingerprint density at radius 1 is 1.13 bits per heavy atom. The van der Waals surface area contributed by atoms with E-state index in [1.54, 1.807) is 31.2 Å². The zero-order chi connectivity index (χ0) is 16.8. The molecule has 2 aromatic carbocycles. The fraction of sp³-hybridized carbons (Fsp3) is 0.278. The molecule has 0 bridgehead atoms. The molecule has 0 radical (unpaired) electrons. The molecular formula is C18H22N2O3. The zero-order valence-electron chi connectivity index (χ0n) is 13.7. The van der Waals surface area contributed by atoms with Crippen LogP contribution in [0.25, 0.3) is 0 Å². The Balaban J connectivity index is 1.89. The smallest absolute Gasteiger partial charge is 0.254 e. The van der Waals surface area contributed by atoms with Gasteiger partial charge in [-0.1, -0.05) is 6.07 Å². The molecule has 0 aliphatic carbocycles. The number of likely N-dealkylation sites (N-methyl/N-ethyl adjacent to an activating group) is 1. The number of carbonyl (C=O) groups is 1. The molecule has 2 N–H and O–H groups in total. The Morgan fingerprint density at radius 3 is 2.43 bits per heavy atom. The van der Waals surface area contributed by atoms with Crippen molar-refractivity contribution in [3.63, 3.8) is 0 Å². The molecule has 0 aromatic heterocycles. The van der Waals surface area contributed by atoms with E-state index in [1.165, 1.54) is 0 Å². The van der Waals surface area contributed by atoms with E-state index < -0.39 is 0 Å². The molecule has 0 aliphatic rings. The Kier molecular flexibility index (Phi) is 5.46. The standard InChI is InChI=1S/C18H22N2O3/c1-13-4-5-14(19)12-17(13)18(21)20(2)10-11-23-16-8-6-15(22-3)7-9-16/h4-9,12H,10-11,19H2,1-3H3. The third kappa shape index (κ3) is 4.39. The number of ether oxygens (including phenoxy) is 2. The van der Waals surface area contributed by atoms with Crippen LogP contribution in [0, 0.1) is 6.92 Å². The molecule has 5 heteroatoms. The number of anilines is 1. The van der Waals surface area contributed by atoms with Crippen molar-refractivity contribution in [2.45, 2.75) is 6.92 Å². The minimum atomic E-state index is -0.0619. The lowest BCUT2D eigenvalue weighted by atomic mass is 10.1. The molecule has 0 saturated carbocycles. The highest BCUT2D eigenvalue weighted by Crippen LogP contribution is 2.17. The maximum Gasteiger partial charge on any atom is 0.254 e. The van der Waals surface area contributed by atoms with Gasteiger partial charge in [-0.3, -0.25) is 4.79 Å². The first-order valence-electron chi connectivity index (χ1n) is 7.39. The maximum absolute atomic E-state index is 12.4. The van der Waals surface area contributed by atoms with Crippen molar-refractivity contribution in [3.8, 4) is 11.5 Å². The summed E-state index contributed by atoms with van der Waals surface area (Å²) in [6.07, 6.45) is 0. The monoisotopic (exact) mass is 314 g/mol. The summed E-state index contributed by atoms with van der Waals surface area (Å²) < 4.78 is 10.7. The van der Waals surface area contributed by atoms with Gasteiger partial charge in [0.15, 0.2) is 0 Å². The van der Waals surface area contributed by atoms with Crippen LogP contribution in [0.3, 0.4) is 0 Å². The highest BCUT2D eigenvalue weighted by atomic mass is 16.5. The number of amides is 1. The number of benzene rings is 2. The molecule has 0 aliphatic heterocycles. The Labute approximate surface area is 136 Å². The first kappa shape index (κ1) is 16.7.